The maximum Gasteiger partial charge on any atom is 0.0457 e. The van der Waals surface area contributed by atoms with E-state index in [0.717, 1.165) is 5.56 Å². The molecule has 0 aliphatic carbocycles. The molecule has 0 heterocycles. The number of hydrogen-bond donors (Lipinski definition) is 2. The van der Waals surface area contributed by atoms with Crippen LogP contribution in [0.1, 0.15) is 5.56 Å². The smallest absolute Gasteiger partial charge is 0.0457 e. The maximum atomic E-state index is 6.01. The minimum Gasteiger partial charge on any atom is -0.467 e. The molecule has 0 aromatic heterocycles. The summed E-state index contributed by atoms with van der Waals surface area (Å²) < 4.78 is 0. The van der Waals surface area contributed by atoms with Crippen LogP contribution in [0.25, 0.3) is 5.32 Å². The van der Waals surface area contributed by atoms with Crippen molar-refractivity contribution in [1.82, 2.24) is 0 Å². The van der Waals surface area contributed by atoms with Crippen LogP contribution in [-0.4, -0.2) is 12.9 Å². The quantitative estimate of drug-likeness (QED) is 0.642. The summed E-state index contributed by atoms with van der Waals surface area (Å²) in [5.74, 6) is 0.378. The molecule has 95 valence electrons. The number of amidine groups is 1. The Kier molecular flexibility index (Phi) is 8.61. The van der Waals surface area contributed by atoms with Crippen LogP contribution in [-0.2, 0) is 39.3 Å². The summed E-state index contributed by atoms with van der Waals surface area (Å²) >= 11 is 12.0. The monoisotopic (exact) mass is 360 g/mol. The van der Waals surface area contributed by atoms with Gasteiger partial charge in [-0.15, -0.1) is 0 Å². The summed E-state index contributed by atoms with van der Waals surface area (Å²) in [5.41, 5.74) is 12.0. The van der Waals surface area contributed by atoms with Crippen LogP contribution in [0.5, 0.6) is 0 Å². The van der Waals surface area contributed by atoms with Crippen molar-refractivity contribution in [3.8, 4) is 0 Å². The molecule has 4 nitrogen and oxygen atoms in total. The molecular formula is C11H13Cl2N4Y-. The van der Waals surface area contributed by atoms with Crippen LogP contribution >= 0.6 is 23.2 Å². The zero-order valence-corrected chi connectivity index (χ0v) is 14.2. The molecule has 0 unspecified atom stereocenters. The Morgan fingerprint density at radius 1 is 1.39 bits per heavy atom. The fourth-order valence-corrected chi connectivity index (χ4v) is 1.72. The minimum atomic E-state index is 0. The van der Waals surface area contributed by atoms with Crippen molar-refractivity contribution in [2.45, 2.75) is 6.54 Å². The summed E-state index contributed by atoms with van der Waals surface area (Å²) in [6, 6.07) is 5.28. The molecule has 1 radical (unpaired) electrons. The number of nitrogens with two attached hydrogens (primary N) is 2. The maximum absolute atomic E-state index is 6.01. The van der Waals surface area contributed by atoms with E-state index >= 15 is 0 Å². The van der Waals surface area contributed by atoms with Gasteiger partial charge in [-0.05, 0) is 30.1 Å². The predicted molar refractivity (Wildman–Crippen MR) is 73.3 cm³/mol. The Morgan fingerprint density at radius 3 is 2.39 bits per heavy atom. The molecule has 1 aromatic rings. The Bertz CT molecular complexity index is 440. The number of aliphatic imine (C=N–C) groups is 1. The van der Waals surface area contributed by atoms with E-state index in [2.05, 4.69) is 10.3 Å². The third-order valence-electron chi connectivity index (χ3n) is 2.10. The molecule has 0 bridgehead atoms. The van der Waals surface area contributed by atoms with Crippen LogP contribution < -0.4 is 11.5 Å². The Hall–Kier alpha value is -0.286. The largest absolute Gasteiger partial charge is 0.467 e. The third kappa shape index (κ3) is 4.77. The molecule has 0 saturated carbocycles. The molecule has 0 amide bonds. The van der Waals surface area contributed by atoms with Gasteiger partial charge < -0.3 is 21.8 Å². The number of likely N-dealkylation sites (N-methyl/N-ethyl adjacent to an activating group) is 1. The first-order chi connectivity index (χ1) is 8.10. The van der Waals surface area contributed by atoms with E-state index in [1.807, 2.05) is 0 Å². The molecule has 0 aliphatic rings. The Labute approximate surface area is 142 Å². The summed E-state index contributed by atoms with van der Waals surface area (Å²) in [5, 5.41) is 5.05. The van der Waals surface area contributed by atoms with E-state index < -0.39 is 0 Å². The Balaban J connectivity index is 0.00000289. The second-order valence-electron chi connectivity index (χ2n) is 3.19. The average molecular weight is 361 g/mol. The summed E-state index contributed by atoms with van der Waals surface area (Å²) in [7, 11) is 1.59. The first-order valence-electron chi connectivity index (χ1n) is 4.85. The third-order valence-corrected chi connectivity index (χ3v) is 2.81. The molecule has 0 fully saturated rings. The van der Waals surface area contributed by atoms with Crippen LogP contribution in [0, 0.1) is 0 Å². The zero-order valence-electron chi connectivity index (χ0n) is 9.90. The fraction of sp³-hybridized carbons (Fsp3) is 0.182. The van der Waals surface area contributed by atoms with Gasteiger partial charge in [0.1, 0.15) is 0 Å². The van der Waals surface area contributed by atoms with Crippen LogP contribution in [0.3, 0.4) is 0 Å². The minimum absolute atomic E-state index is 0. The standard InChI is InChI=1S/C11H13Cl2N4.Y/c1-16-11(10(15)5-14)17-6-7-8(12)3-2-4-9(7)13;/h2-5H,6,14-15H2,1H3;/q-1;/b10-5+;. The van der Waals surface area contributed by atoms with Gasteiger partial charge in [-0.2, -0.15) is 0 Å². The summed E-state index contributed by atoms with van der Waals surface area (Å²) in [6.45, 7) is 0.305. The van der Waals surface area contributed by atoms with Crippen molar-refractivity contribution in [1.29, 1.82) is 0 Å². The number of benzene rings is 1. The average Bonchev–Trinajstić information content (AvgIpc) is 2.32. The number of nitrogens with zero attached hydrogens (tertiary/aromatic N) is 2. The summed E-state index contributed by atoms with van der Waals surface area (Å²) in [4.78, 5) is 4.21. The molecule has 0 spiro atoms. The van der Waals surface area contributed by atoms with E-state index in [0.29, 0.717) is 28.1 Å². The van der Waals surface area contributed by atoms with Crippen LogP contribution in [0.4, 0.5) is 0 Å². The van der Waals surface area contributed by atoms with Gasteiger partial charge in [-0.25, -0.2) is 0 Å². The number of halogens is 2. The normalized spacial score (nSPS) is 11.9. The van der Waals surface area contributed by atoms with Crippen molar-refractivity contribution in [3.05, 3.63) is 51.0 Å². The summed E-state index contributed by atoms with van der Waals surface area (Å²) in [6.07, 6.45) is 1.25. The van der Waals surface area contributed by atoms with E-state index in [-0.39, 0.29) is 32.7 Å². The van der Waals surface area contributed by atoms with Crippen LogP contribution in [0.15, 0.2) is 35.1 Å². The molecule has 0 saturated heterocycles. The SMILES string of the molecule is C[N-]C(=NCc1c(Cl)cccc1Cl)/C(N)=C\N.[Y]. The van der Waals surface area contributed by atoms with Gasteiger partial charge in [0.2, 0.25) is 0 Å². The molecule has 7 heteroatoms. The van der Waals surface area contributed by atoms with E-state index in [9.17, 15) is 0 Å². The Morgan fingerprint density at radius 2 is 1.94 bits per heavy atom. The van der Waals surface area contributed by atoms with Gasteiger partial charge in [0.25, 0.3) is 0 Å². The molecular weight excluding hydrogens is 348 g/mol. The van der Waals surface area contributed by atoms with Crippen molar-refractivity contribution in [2.75, 3.05) is 7.05 Å². The molecule has 0 aliphatic heterocycles. The first kappa shape index (κ1) is 17.7. The van der Waals surface area contributed by atoms with E-state index in [1.165, 1.54) is 6.20 Å². The van der Waals surface area contributed by atoms with Crippen molar-refractivity contribution >= 4 is 29.0 Å². The second kappa shape index (κ2) is 8.75. The number of rotatable bonds is 3. The van der Waals surface area contributed by atoms with Crippen LogP contribution in [0.2, 0.25) is 10.0 Å². The molecule has 1 rings (SSSR count). The van der Waals surface area contributed by atoms with Gasteiger partial charge in [0.05, 0.1) is 0 Å². The van der Waals surface area contributed by atoms with Gasteiger partial charge >= 0.3 is 0 Å². The second-order valence-corrected chi connectivity index (χ2v) is 4.00. The first-order valence-corrected chi connectivity index (χ1v) is 5.60. The molecule has 1 aromatic carbocycles. The topological polar surface area (TPSA) is 78.5 Å². The van der Waals surface area contributed by atoms with Crippen molar-refractivity contribution in [2.24, 2.45) is 16.5 Å². The van der Waals surface area contributed by atoms with E-state index in [1.54, 1.807) is 25.2 Å². The molecule has 4 N–H and O–H groups in total. The fourth-order valence-electron chi connectivity index (χ4n) is 1.20. The van der Waals surface area contributed by atoms with Crippen molar-refractivity contribution in [3.63, 3.8) is 0 Å². The van der Waals surface area contributed by atoms with Gasteiger partial charge in [0, 0.05) is 54.7 Å². The zero-order chi connectivity index (χ0) is 12.8. The van der Waals surface area contributed by atoms with Gasteiger partial charge in [0.15, 0.2) is 0 Å². The molecule has 18 heavy (non-hydrogen) atoms. The van der Waals surface area contributed by atoms with Gasteiger partial charge in [-0.3, -0.25) is 0 Å². The van der Waals surface area contributed by atoms with Gasteiger partial charge in [-0.1, -0.05) is 36.3 Å². The van der Waals surface area contributed by atoms with Crippen molar-refractivity contribution < 1.29 is 32.7 Å². The number of hydrogen-bond acceptors (Lipinski definition) is 3. The molecule has 0 atom stereocenters. The van der Waals surface area contributed by atoms with E-state index in [4.69, 9.17) is 34.7 Å². The predicted octanol–water partition coefficient (Wildman–Crippen LogP) is 2.65.